The molecule has 1 aromatic heterocycles. The quantitative estimate of drug-likeness (QED) is 0.888. The fourth-order valence-corrected chi connectivity index (χ4v) is 3.11. The molecule has 0 spiro atoms. The average Bonchev–Trinajstić information content (AvgIpc) is 2.85. The van der Waals surface area contributed by atoms with E-state index in [9.17, 15) is 5.26 Å². The topological polar surface area (TPSA) is 76.9 Å². The van der Waals surface area contributed by atoms with E-state index in [1.54, 1.807) is 4.68 Å². The van der Waals surface area contributed by atoms with Gasteiger partial charge in [-0.3, -0.25) is 0 Å². The molecule has 1 aliphatic heterocycles. The Bertz CT molecular complexity index is 717. The minimum absolute atomic E-state index is 0.181. The highest BCUT2D eigenvalue weighted by Gasteiger charge is 2.26. The lowest BCUT2D eigenvalue weighted by molar-refractivity contribution is 0.00403. The van der Waals surface area contributed by atoms with Crippen molar-refractivity contribution in [3.05, 3.63) is 34.3 Å². The first-order valence-electron chi connectivity index (χ1n) is 7.25. The number of anilines is 1. The Hall–Kier alpha value is -1.84. The molecule has 0 aliphatic carbocycles. The van der Waals surface area contributed by atoms with Crippen LogP contribution in [0.3, 0.4) is 0 Å². The number of hydrogen-bond acceptors (Lipinski definition) is 4. The van der Waals surface area contributed by atoms with Crippen molar-refractivity contribution in [1.29, 1.82) is 5.26 Å². The van der Waals surface area contributed by atoms with Crippen LogP contribution in [0.25, 0.3) is 11.3 Å². The summed E-state index contributed by atoms with van der Waals surface area (Å²) in [4.78, 5) is 0. The Labute approximate surface area is 137 Å². The molecule has 1 aliphatic rings. The molecular formula is C16H17BrN4O. The Kier molecular flexibility index (Phi) is 4.19. The van der Waals surface area contributed by atoms with Gasteiger partial charge in [-0.25, -0.2) is 4.68 Å². The van der Waals surface area contributed by atoms with E-state index in [4.69, 9.17) is 10.5 Å². The summed E-state index contributed by atoms with van der Waals surface area (Å²) in [6.45, 7) is 2.74. The molecule has 0 saturated carbocycles. The molecule has 114 valence electrons. The fourth-order valence-electron chi connectivity index (χ4n) is 2.84. The molecule has 22 heavy (non-hydrogen) atoms. The van der Waals surface area contributed by atoms with Crippen LogP contribution in [0.15, 0.2) is 28.7 Å². The number of aromatic nitrogens is 2. The summed E-state index contributed by atoms with van der Waals surface area (Å²) in [5, 5.41) is 14.1. The molecular weight excluding hydrogens is 344 g/mol. The zero-order chi connectivity index (χ0) is 15.7. The number of benzene rings is 1. The lowest BCUT2D eigenvalue weighted by Crippen LogP contribution is -2.26. The highest BCUT2D eigenvalue weighted by atomic mass is 79.9. The molecule has 5 nitrogen and oxygen atoms in total. The van der Waals surface area contributed by atoms with Gasteiger partial charge in [-0.1, -0.05) is 28.1 Å². The lowest BCUT2D eigenvalue weighted by Gasteiger charge is -2.28. The van der Waals surface area contributed by atoms with Crippen molar-refractivity contribution in [1.82, 2.24) is 9.78 Å². The van der Waals surface area contributed by atoms with Gasteiger partial charge in [-0.05, 0) is 31.9 Å². The first-order chi connectivity index (χ1) is 10.6. The van der Waals surface area contributed by atoms with E-state index in [2.05, 4.69) is 27.1 Å². The number of nitrogens with zero attached hydrogens (tertiary/aromatic N) is 3. The second kappa shape index (κ2) is 6.11. The molecule has 1 fully saturated rings. The van der Waals surface area contributed by atoms with Gasteiger partial charge >= 0.3 is 0 Å². The minimum atomic E-state index is 0.181. The van der Waals surface area contributed by atoms with Crippen LogP contribution in [-0.4, -0.2) is 22.5 Å². The average molecular weight is 361 g/mol. The molecule has 2 atom stereocenters. The van der Waals surface area contributed by atoms with Gasteiger partial charge in [-0.2, -0.15) is 10.4 Å². The van der Waals surface area contributed by atoms with E-state index in [0.29, 0.717) is 23.7 Å². The SMILES string of the molecule is CC1CC(n2nc(-c3ccc(Br)cc3)c(C#N)c2N)CCO1. The van der Waals surface area contributed by atoms with E-state index in [-0.39, 0.29) is 12.1 Å². The van der Waals surface area contributed by atoms with Crippen LogP contribution in [0.2, 0.25) is 0 Å². The van der Waals surface area contributed by atoms with Gasteiger partial charge in [0.05, 0.1) is 12.1 Å². The van der Waals surface area contributed by atoms with E-state index in [1.165, 1.54) is 0 Å². The van der Waals surface area contributed by atoms with Crippen LogP contribution < -0.4 is 5.73 Å². The Morgan fingerprint density at radius 1 is 1.41 bits per heavy atom. The number of nitriles is 1. The molecule has 2 N–H and O–H groups in total. The van der Waals surface area contributed by atoms with Crippen LogP contribution in [-0.2, 0) is 4.74 Å². The van der Waals surface area contributed by atoms with Crippen molar-refractivity contribution in [3.8, 4) is 17.3 Å². The smallest absolute Gasteiger partial charge is 0.140 e. The zero-order valence-corrected chi connectivity index (χ0v) is 13.9. The summed E-state index contributed by atoms with van der Waals surface area (Å²) in [7, 11) is 0. The summed E-state index contributed by atoms with van der Waals surface area (Å²) in [5.74, 6) is 0.444. The standard InChI is InChI=1S/C16H17BrN4O/c1-10-8-13(6-7-22-10)21-16(19)14(9-18)15(20-21)11-2-4-12(17)5-3-11/h2-5,10,13H,6-8,19H2,1H3. The van der Waals surface area contributed by atoms with Crippen LogP contribution in [0.4, 0.5) is 5.82 Å². The minimum Gasteiger partial charge on any atom is -0.383 e. The van der Waals surface area contributed by atoms with Crippen LogP contribution in [0.1, 0.15) is 31.4 Å². The normalized spacial score (nSPS) is 21.5. The van der Waals surface area contributed by atoms with Crippen molar-refractivity contribution in [3.63, 3.8) is 0 Å². The second-order valence-electron chi connectivity index (χ2n) is 5.53. The van der Waals surface area contributed by atoms with Crippen molar-refractivity contribution in [2.45, 2.75) is 31.9 Å². The summed E-state index contributed by atoms with van der Waals surface area (Å²) < 4.78 is 8.37. The van der Waals surface area contributed by atoms with Crippen LogP contribution >= 0.6 is 15.9 Å². The molecule has 0 amide bonds. The van der Waals surface area contributed by atoms with Gasteiger partial charge in [0.1, 0.15) is 23.1 Å². The predicted molar refractivity (Wildman–Crippen MR) is 88.2 cm³/mol. The molecule has 3 rings (SSSR count). The second-order valence-corrected chi connectivity index (χ2v) is 6.45. The zero-order valence-electron chi connectivity index (χ0n) is 12.3. The number of halogens is 1. The van der Waals surface area contributed by atoms with Crippen LogP contribution in [0.5, 0.6) is 0 Å². The Balaban J connectivity index is 2.03. The maximum absolute atomic E-state index is 9.46. The number of nitrogen functional groups attached to an aromatic ring is 1. The highest BCUT2D eigenvalue weighted by molar-refractivity contribution is 9.10. The van der Waals surface area contributed by atoms with Gasteiger partial charge in [0.2, 0.25) is 0 Å². The molecule has 2 aromatic rings. The number of ether oxygens (including phenoxy) is 1. The Morgan fingerprint density at radius 2 is 2.14 bits per heavy atom. The molecule has 1 saturated heterocycles. The molecule has 2 unspecified atom stereocenters. The van der Waals surface area contributed by atoms with Crippen molar-refractivity contribution >= 4 is 21.7 Å². The number of rotatable bonds is 2. The van der Waals surface area contributed by atoms with Gasteiger partial charge < -0.3 is 10.5 Å². The largest absolute Gasteiger partial charge is 0.383 e. The predicted octanol–water partition coefficient (Wildman–Crippen LogP) is 3.51. The summed E-state index contributed by atoms with van der Waals surface area (Å²) in [5.41, 5.74) is 8.17. The molecule has 1 aromatic carbocycles. The van der Waals surface area contributed by atoms with Crippen LogP contribution in [0, 0.1) is 11.3 Å². The first kappa shape index (κ1) is 15.1. The number of hydrogen-bond donors (Lipinski definition) is 1. The fraction of sp³-hybridized carbons (Fsp3) is 0.375. The van der Waals surface area contributed by atoms with Gasteiger partial charge in [0.25, 0.3) is 0 Å². The van der Waals surface area contributed by atoms with Crippen molar-refractivity contribution in [2.75, 3.05) is 12.3 Å². The monoisotopic (exact) mass is 360 g/mol. The van der Waals surface area contributed by atoms with Gasteiger partial charge in [0, 0.05) is 16.6 Å². The molecule has 0 radical (unpaired) electrons. The van der Waals surface area contributed by atoms with Crippen molar-refractivity contribution < 1.29 is 4.74 Å². The van der Waals surface area contributed by atoms with E-state index in [0.717, 1.165) is 22.9 Å². The maximum Gasteiger partial charge on any atom is 0.140 e. The Morgan fingerprint density at radius 3 is 2.77 bits per heavy atom. The molecule has 2 heterocycles. The maximum atomic E-state index is 9.46. The van der Waals surface area contributed by atoms with Gasteiger partial charge in [-0.15, -0.1) is 0 Å². The first-order valence-corrected chi connectivity index (χ1v) is 8.05. The van der Waals surface area contributed by atoms with E-state index < -0.39 is 0 Å². The summed E-state index contributed by atoms with van der Waals surface area (Å²) in [6, 6.07) is 10.1. The summed E-state index contributed by atoms with van der Waals surface area (Å²) in [6.07, 6.45) is 1.90. The number of nitrogens with two attached hydrogens (primary N) is 1. The van der Waals surface area contributed by atoms with E-state index in [1.807, 2.05) is 31.2 Å². The van der Waals surface area contributed by atoms with E-state index >= 15 is 0 Å². The van der Waals surface area contributed by atoms with Gasteiger partial charge in [0.15, 0.2) is 0 Å². The van der Waals surface area contributed by atoms with Crippen molar-refractivity contribution in [2.24, 2.45) is 0 Å². The summed E-state index contributed by atoms with van der Waals surface area (Å²) >= 11 is 3.41. The third-order valence-electron chi connectivity index (χ3n) is 3.98. The third kappa shape index (κ3) is 2.74. The third-order valence-corrected chi connectivity index (χ3v) is 4.51. The lowest BCUT2D eigenvalue weighted by atomic mass is 10.0. The molecule has 6 heteroatoms. The highest BCUT2D eigenvalue weighted by Crippen LogP contribution is 2.33. The molecule has 0 bridgehead atoms.